The molecule has 4 rings (SSSR count). The number of amides is 3. The summed E-state index contributed by atoms with van der Waals surface area (Å²) in [5.41, 5.74) is -0.0113. The molecule has 40 heavy (non-hydrogen) atoms. The summed E-state index contributed by atoms with van der Waals surface area (Å²) in [6, 6.07) is 9.02. The van der Waals surface area contributed by atoms with Crippen LogP contribution in [0.3, 0.4) is 0 Å². The Balaban J connectivity index is 1.67. The molecule has 0 aromatic heterocycles. The summed E-state index contributed by atoms with van der Waals surface area (Å²) in [5.74, 6) is -1.63. The standard InChI is InChI=1S/C32H45N3O5/c1-4-18-33(19-5-2)29(37)26-25-16-17-32(40-25)27(26)30(38)35(21-12-7-8-13-22-36)28(32)31(39)34(20-6-3)23-24-14-10-9-11-15-24/h4,6,9-11,14-15,25-28,36H,1,3,5,7-8,12-13,16-23H2,2H3/t25-,26+,27+,28?,32?/m1/s1. The molecule has 3 amide bonds. The monoisotopic (exact) mass is 551 g/mol. The van der Waals surface area contributed by atoms with Gasteiger partial charge in [-0.05, 0) is 37.7 Å². The van der Waals surface area contributed by atoms with E-state index < -0.39 is 23.5 Å². The van der Waals surface area contributed by atoms with Gasteiger partial charge in [0, 0.05) is 39.3 Å². The second kappa shape index (κ2) is 13.6. The lowest BCUT2D eigenvalue weighted by atomic mass is 9.70. The molecule has 0 saturated carbocycles. The molecule has 0 radical (unpaired) electrons. The number of rotatable bonds is 16. The second-order valence-corrected chi connectivity index (χ2v) is 11.3. The molecule has 3 fully saturated rings. The molecule has 3 aliphatic rings. The topological polar surface area (TPSA) is 90.4 Å². The number of fused-ring (bicyclic) bond motifs is 1. The third-order valence-corrected chi connectivity index (χ3v) is 8.66. The van der Waals surface area contributed by atoms with E-state index in [2.05, 4.69) is 13.2 Å². The predicted octanol–water partition coefficient (Wildman–Crippen LogP) is 3.55. The van der Waals surface area contributed by atoms with E-state index in [-0.39, 0.29) is 30.4 Å². The summed E-state index contributed by atoms with van der Waals surface area (Å²) >= 11 is 0. The maximum Gasteiger partial charge on any atom is 0.248 e. The van der Waals surface area contributed by atoms with Gasteiger partial charge < -0.3 is 24.5 Å². The summed E-state index contributed by atoms with van der Waals surface area (Å²) in [7, 11) is 0. The Morgan fingerprint density at radius 2 is 1.77 bits per heavy atom. The molecule has 1 aromatic carbocycles. The molecule has 2 unspecified atom stereocenters. The number of carbonyl (C=O) groups excluding carboxylic acids is 3. The van der Waals surface area contributed by atoms with E-state index in [1.165, 1.54) is 0 Å². The molecule has 8 nitrogen and oxygen atoms in total. The number of hydrogen-bond acceptors (Lipinski definition) is 5. The quantitative estimate of drug-likeness (QED) is 0.251. The van der Waals surface area contributed by atoms with Crippen molar-refractivity contribution in [2.75, 3.05) is 32.8 Å². The van der Waals surface area contributed by atoms with Crippen molar-refractivity contribution in [3.8, 4) is 0 Å². The number of aliphatic hydroxyl groups is 1. The van der Waals surface area contributed by atoms with Gasteiger partial charge in [0.15, 0.2) is 0 Å². The number of ether oxygens (including phenoxy) is 1. The Bertz CT molecular complexity index is 1060. The number of aliphatic hydroxyl groups excluding tert-OH is 1. The molecule has 1 N–H and O–H groups in total. The van der Waals surface area contributed by atoms with Crippen molar-refractivity contribution in [2.24, 2.45) is 11.8 Å². The van der Waals surface area contributed by atoms with E-state index in [1.54, 1.807) is 26.9 Å². The highest BCUT2D eigenvalue weighted by molar-refractivity contribution is 5.99. The van der Waals surface area contributed by atoms with E-state index in [0.29, 0.717) is 52.0 Å². The molecule has 5 atom stereocenters. The van der Waals surface area contributed by atoms with Crippen molar-refractivity contribution in [3.05, 3.63) is 61.2 Å². The zero-order chi connectivity index (χ0) is 28.7. The van der Waals surface area contributed by atoms with Crippen LogP contribution < -0.4 is 0 Å². The maximum atomic E-state index is 14.4. The zero-order valence-corrected chi connectivity index (χ0v) is 23.9. The van der Waals surface area contributed by atoms with Crippen molar-refractivity contribution in [3.63, 3.8) is 0 Å². The number of benzene rings is 1. The minimum Gasteiger partial charge on any atom is -0.396 e. The third kappa shape index (κ3) is 5.75. The van der Waals surface area contributed by atoms with Crippen LogP contribution in [-0.2, 0) is 25.7 Å². The first-order chi connectivity index (χ1) is 19.4. The van der Waals surface area contributed by atoms with Crippen LogP contribution in [0.15, 0.2) is 55.6 Å². The van der Waals surface area contributed by atoms with Gasteiger partial charge in [0.1, 0.15) is 11.6 Å². The predicted molar refractivity (Wildman–Crippen MR) is 154 cm³/mol. The Morgan fingerprint density at radius 1 is 1.07 bits per heavy atom. The number of hydrogen-bond donors (Lipinski definition) is 1. The number of likely N-dealkylation sites (tertiary alicyclic amines) is 1. The van der Waals surface area contributed by atoms with Crippen LogP contribution in [-0.4, -0.2) is 88.1 Å². The average Bonchev–Trinajstić information content (AvgIpc) is 3.60. The molecule has 3 heterocycles. The van der Waals surface area contributed by atoms with Gasteiger partial charge >= 0.3 is 0 Å². The smallest absolute Gasteiger partial charge is 0.248 e. The Labute approximate surface area is 238 Å². The van der Waals surface area contributed by atoms with Crippen LogP contribution in [0.2, 0.25) is 0 Å². The van der Waals surface area contributed by atoms with Crippen molar-refractivity contribution >= 4 is 17.7 Å². The van der Waals surface area contributed by atoms with Crippen molar-refractivity contribution < 1.29 is 24.2 Å². The molecule has 0 aliphatic carbocycles. The van der Waals surface area contributed by atoms with E-state index in [0.717, 1.165) is 31.2 Å². The first-order valence-electron chi connectivity index (χ1n) is 14.9. The number of carbonyl (C=O) groups is 3. The van der Waals surface area contributed by atoms with E-state index in [1.807, 2.05) is 37.3 Å². The largest absolute Gasteiger partial charge is 0.396 e. The van der Waals surface area contributed by atoms with Crippen molar-refractivity contribution in [2.45, 2.75) is 76.2 Å². The normalized spacial score (nSPS) is 26.6. The second-order valence-electron chi connectivity index (χ2n) is 11.3. The minimum absolute atomic E-state index is 0.0742. The molecule has 218 valence electrons. The van der Waals surface area contributed by atoms with Crippen molar-refractivity contribution in [1.29, 1.82) is 0 Å². The number of nitrogens with zero attached hydrogens (tertiary/aromatic N) is 3. The summed E-state index contributed by atoms with van der Waals surface area (Å²) in [4.78, 5) is 47.8. The molecule has 3 saturated heterocycles. The lowest BCUT2D eigenvalue weighted by Gasteiger charge is -2.37. The van der Waals surface area contributed by atoms with Crippen LogP contribution in [0.5, 0.6) is 0 Å². The molecule has 1 spiro atoms. The number of unbranched alkanes of at least 4 members (excludes halogenated alkanes) is 3. The van der Waals surface area contributed by atoms with Crippen LogP contribution >= 0.6 is 0 Å². The molecule has 8 heteroatoms. The van der Waals surface area contributed by atoms with Gasteiger partial charge in [-0.2, -0.15) is 0 Å². The SMILES string of the molecule is C=CCN(Cc1ccccc1)C(=O)C1N(CCCCCCO)C(=O)[C@@H]2[C@@H](C(=O)N(CC=C)CCC)[C@H]3CCC12O3. The lowest BCUT2D eigenvalue weighted by molar-refractivity contribution is -0.149. The Kier molecular flexibility index (Phi) is 10.2. The molecular formula is C32H45N3O5. The highest BCUT2D eigenvalue weighted by Crippen LogP contribution is 2.59. The van der Waals surface area contributed by atoms with Gasteiger partial charge in [0.2, 0.25) is 17.7 Å². The van der Waals surface area contributed by atoms with Crippen LogP contribution in [0.1, 0.15) is 57.4 Å². The Morgan fingerprint density at radius 3 is 2.45 bits per heavy atom. The van der Waals surface area contributed by atoms with Gasteiger partial charge in [-0.25, -0.2) is 0 Å². The molecule has 2 bridgehead atoms. The first kappa shape index (κ1) is 30.0. The van der Waals surface area contributed by atoms with Crippen LogP contribution in [0.4, 0.5) is 0 Å². The highest BCUT2D eigenvalue weighted by atomic mass is 16.5. The maximum absolute atomic E-state index is 14.4. The third-order valence-electron chi connectivity index (χ3n) is 8.66. The van der Waals surface area contributed by atoms with E-state index in [4.69, 9.17) is 9.84 Å². The summed E-state index contributed by atoms with van der Waals surface area (Å²) in [5, 5.41) is 9.17. The summed E-state index contributed by atoms with van der Waals surface area (Å²) < 4.78 is 6.64. The fourth-order valence-corrected chi connectivity index (χ4v) is 7.00. The van der Waals surface area contributed by atoms with E-state index in [9.17, 15) is 14.4 Å². The fourth-order valence-electron chi connectivity index (χ4n) is 7.00. The fraction of sp³-hybridized carbons (Fsp3) is 0.594. The Hall–Kier alpha value is -2.97. The van der Waals surface area contributed by atoms with Gasteiger partial charge in [-0.15, -0.1) is 13.2 Å². The highest BCUT2D eigenvalue weighted by Gasteiger charge is 2.74. The van der Waals surface area contributed by atoms with Crippen LogP contribution in [0.25, 0.3) is 0 Å². The molecule has 1 aromatic rings. The summed E-state index contributed by atoms with van der Waals surface area (Å²) in [6.07, 6.45) is 8.24. The summed E-state index contributed by atoms with van der Waals surface area (Å²) in [6.45, 7) is 12.0. The first-order valence-corrected chi connectivity index (χ1v) is 14.9. The van der Waals surface area contributed by atoms with Gasteiger partial charge in [-0.3, -0.25) is 14.4 Å². The molecule has 3 aliphatic heterocycles. The van der Waals surface area contributed by atoms with Gasteiger partial charge in [-0.1, -0.05) is 62.2 Å². The minimum atomic E-state index is -1.01. The molecular weight excluding hydrogens is 506 g/mol. The van der Waals surface area contributed by atoms with Crippen molar-refractivity contribution in [1.82, 2.24) is 14.7 Å². The average molecular weight is 552 g/mol. The van der Waals surface area contributed by atoms with Gasteiger partial charge in [0.05, 0.1) is 17.9 Å². The zero-order valence-electron chi connectivity index (χ0n) is 23.9. The lowest BCUT2D eigenvalue weighted by Crippen LogP contribution is -2.56. The van der Waals surface area contributed by atoms with Crippen LogP contribution in [0, 0.1) is 11.8 Å². The van der Waals surface area contributed by atoms with E-state index >= 15 is 0 Å². The van der Waals surface area contributed by atoms with Gasteiger partial charge in [0.25, 0.3) is 0 Å².